The lowest BCUT2D eigenvalue weighted by atomic mass is 9.95. The number of rotatable bonds is 5. The van der Waals surface area contributed by atoms with Gasteiger partial charge in [0.15, 0.2) is 0 Å². The third-order valence-electron chi connectivity index (χ3n) is 4.82. The summed E-state index contributed by atoms with van der Waals surface area (Å²) < 4.78 is 10.4. The molecule has 0 spiro atoms. The second-order valence-corrected chi connectivity index (χ2v) is 6.75. The average molecular weight is 400 g/mol. The Bertz CT molecular complexity index is 730. The van der Waals surface area contributed by atoms with E-state index in [9.17, 15) is 14.4 Å². The van der Waals surface area contributed by atoms with Crippen LogP contribution in [0.3, 0.4) is 0 Å². The topological polar surface area (TPSA) is 101 Å². The van der Waals surface area contributed by atoms with Gasteiger partial charge < -0.3 is 24.7 Å². The molecule has 2 aliphatic rings. The fourth-order valence-electron chi connectivity index (χ4n) is 3.40. The van der Waals surface area contributed by atoms with E-state index >= 15 is 0 Å². The van der Waals surface area contributed by atoms with Crippen LogP contribution in [0.15, 0.2) is 15.3 Å². The second kappa shape index (κ2) is 9.75. The van der Waals surface area contributed by atoms with E-state index in [0.29, 0.717) is 31.0 Å². The van der Waals surface area contributed by atoms with Gasteiger partial charge in [0.05, 0.1) is 6.61 Å². The average Bonchev–Trinajstić information content (AvgIpc) is 2.63. The van der Waals surface area contributed by atoms with E-state index < -0.39 is 11.5 Å². The molecular formula is C18H26ClN3O5. The molecule has 0 saturated carbocycles. The van der Waals surface area contributed by atoms with Crippen molar-refractivity contribution in [2.75, 3.05) is 39.3 Å². The summed E-state index contributed by atoms with van der Waals surface area (Å²) in [6, 6.07) is 1.79. The number of carbonyl (C=O) groups excluding carboxylic acids is 2. The van der Waals surface area contributed by atoms with Gasteiger partial charge in [-0.3, -0.25) is 4.79 Å². The minimum Gasteiger partial charge on any atom is -0.449 e. The van der Waals surface area contributed by atoms with Gasteiger partial charge in [0.1, 0.15) is 11.3 Å². The number of hydrogen-bond acceptors (Lipinski definition) is 6. The quantitative estimate of drug-likeness (QED) is 0.776. The zero-order valence-corrected chi connectivity index (χ0v) is 16.2. The Labute approximate surface area is 164 Å². The van der Waals surface area contributed by atoms with Gasteiger partial charge in [0.25, 0.3) is 5.91 Å². The molecule has 2 aliphatic heterocycles. The summed E-state index contributed by atoms with van der Waals surface area (Å²) in [4.78, 5) is 37.8. The first kappa shape index (κ1) is 21.2. The second-order valence-electron chi connectivity index (χ2n) is 6.75. The van der Waals surface area contributed by atoms with Crippen molar-refractivity contribution in [1.29, 1.82) is 0 Å². The first-order valence-corrected chi connectivity index (χ1v) is 9.11. The monoisotopic (exact) mass is 399 g/mol. The van der Waals surface area contributed by atoms with Crippen LogP contribution in [0.1, 0.15) is 46.9 Å². The lowest BCUT2D eigenvalue weighted by Crippen LogP contribution is -2.43. The van der Waals surface area contributed by atoms with Crippen LogP contribution in [0.5, 0.6) is 0 Å². The number of amides is 2. The lowest BCUT2D eigenvalue weighted by Gasteiger charge is -2.26. The van der Waals surface area contributed by atoms with Crippen molar-refractivity contribution in [1.82, 2.24) is 15.5 Å². The van der Waals surface area contributed by atoms with Crippen LogP contribution in [-0.4, -0.2) is 56.2 Å². The maximum Gasteiger partial charge on any atom is 0.409 e. The van der Waals surface area contributed by atoms with E-state index in [4.69, 9.17) is 9.15 Å². The van der Waals surface area contributed by atoms with Gasteiger partial charge in [-0.05, 0) is 44.4 Å². The molecule has 2 N–H and O–H groups in total. The normalized spacial score (nSPS) is 19.8. The largest absolute Gasteiger partial charge is 0.449 e. The van der Waals surface area contributed by atoms with Crippen molar-refractivity contribution in [3.05, 3.63) is 33.4 Å². The zero-order chi connectivity index (χ0) is 18.5. The fraction of sp³-hybridized carbons (Fsp3) is 0.611. The standard InChI is InChI=1S/C18H25N3O5.ClH/c1-12-10-14(13-4-2-5-19-11-13)26-17(23)15(12)16(22)20-6-8-21-7-3-9-25-18(21)24;/h10,13,19H,2-9,11H2,1H3,(H,20,22);1H. The molecule has 8 nitrogen and oxygen atoms in total. The van der Waals surface area contributed by atoms with Crippen LogP contribution in [-0.2, 0) is 4.74 Å². The highest BCUT2D eigenvalue weighted by atomic mass is 35.5. The Morgan fingerprint density at radius 3 is 2.85 bits per heavy atom. The number of aryl methyl sites for hydroxylation is 1. The van der Waals surface area contributed by atoms with E-state index in [1.165, 1.54) is 4.90 Å². The molecule has 1 unspecified atom stereocenters. The van der Waals surface area contributed by atoms with E-state index in [1.807, 2.05) is 0 Å². The molecule has 0 radical (unpaired) electrons. The SMILES string of the molecule is Cc1cc(C2CCCNC2)oc(=O)c1C(=O)NCCN1CCCOC1=O.Cl. The number of nitrogens with zero attached hydrogens (tertiary/aromatic N) is 1. The molecule has 2 fully saturated rings. The Morgan fingerprint density at radius 2 is 2.19 bits per heavy atom. The zero-order valence-electron chi connectivity index (χ0n) is 15.4. The third-order valence-corrected chi connectivity index (χ3v) is 4.82. The summed E-state index contributed by atoms with van der Waals surface area (Å²) >= 11 is 0. The maximum atomic E-state index is 12.4. The van der Waals surface area contributed by atoms with Crippen LogP contribution in [0.2, 0.25) is 0 Å². The van der Waals surface area contributed by atoms with E-state index in [-0.39, 0.29) is 36.5 Å². The molecule has 3 rings (SSSR count). The minimum absolute atomic E-state index is 0. The van der Waals surface area contributed by atoms with Crippen LogP contribution in [0.25, 0.3) is 0 Å². The first-order valence-electron chi connectivity index (χ1n) is 9.11. The summed E-state index contributed by atoms with van der Waals surface area (Å²) in [7, 11) is 0. The predicted molar refractivity (Wildman–Crippen MR) is 102 cm³/mol. The van der Waals surface area contributed by atoms with Crippen molar-refractivity contribution >= 4 is 24.4 Å². The summed E-state index contributed by atoms with van der Waals surface area (Å²) in [6.45, 7) is 5.14. The first-order chi connectivity index (χ1) is 12.6. The molecule has 0 aromatic carbocycles. The smallest absolute Gasteiger partial charge is 0.409 e. The van der Waals surface area contributed by atoms with E-state index in [2.05, 4.69) is 10.6 Å². The number of carbonyl (C=O) groups is 2. The summed E-state index contributed by atoms with van der Waals surface area (Å²) in [5.74, 6) is 0.319. The molecule has 9 heteroatoms. The molecule has 0 aliphatic carbocycles. The molecule has 2 saturated heterocycles. The van der Waals surface area contributed by atoms with E-state index in [0.717, 1.165) is 32.4 Å². The Kier molecular flexibility index (Phi) is 7.67. The fourth-order valence-corrected chi connectivity index (χ4v) is 3.40. The van der Waals surface area contributed by atoms with Crippen molar-refractivity contribution in [3.63, 3.8) is 0 Å². The molecular weight excluding hydrogens is 374 g/mol. The highest BCUT2D eigenvalue weighted by Crippen LogP contribution is 2.23. The lowest BCUT2D eigenvalue weighted by molar-refractivity contribution is 0.0719. The van der Waals surface area contributed by atoms with Crippen LogP contribution < -0.4 is 16.3 Å². The summed E-state index contributed by atoms with van der Waals surface area (Å²) in [5, 5.41) is 5.98. The van der Waals surface area contributed by atoms with Gasteiger partial charge >= 0.3 is 11.7 Å². The number of halogens is 1. The van der Waals surface area contributed by atoms with Gasteiger partial charge in [-0.15, -0.1) is 12.4 Å². The highest BCUT2D eigenvalue weighted by molar-refractivity contribution is 5.95. The van der Waals surface area contributed by atoms with Crippen LogP contribution in [0.4, 0.5) is 4.79 Å². The number of hydrogen-bond donors (Lipinski definition) is 2. The van der Waals surface area contributed by atoms with E-state index in [1.54, 1.807) is 13.0 Å². The van der Waals surface area contributed by atoms with Crippen molar-refractivity contribution < 1.29 is 18.7 Å². The third kappa shape index (κ3) is 5.23. The molecule has 0 bridgehead atoms. The Balaban J connectivity index is 0.00000261. The highest BCUT2D eigenvalue weighted by Gasteiger charge is 2.23. The summed E-state index contributed by atoms with van der Waals surface area (Å²) in [6.07, 6.45) is 2.41. The van der Waals surface area contributed by atoms with Gasteiger partial charge in [0.2, 0.25) is 0 Å². The molecule has 27 heavy (non-hydrogen) atoms. The van der Waals surface area contributed by atoms with Crippen molar-refractivity contribution in [3.8, 4) is 0 Å². The summed E-state index contributed by atoms with van der Waals surface area (Å²) in [5.41, 5.74) is 0.0240. The predicted octanol–water partition coefficient (Wildman–Crippen LogP) is 1.41. The minimum atomic E-state index is -0.611. The number of cyclic esters (lactones) is 1. The van der Waals surface area contributed by atoms with Crippen molar-refractivity contribution in [2.45, 2.75) is 32.1 Å². The number of ether oxygens (including phenoxy) is 1. The molecule has 3 heterocycles. The van der Waals surface area contributed by atoms with Gasteiger partial charge in [0, 0.05) is 32.1 Å². The van der Waals surface area contributed by atoms with Gasteiger partial charge in [-0.2, -0.15) is 0 Å². The number of piperidine rings is 1. The van der Waals surface area contributed by atoms with Gasteiger partial charge in [-0.1, -0.05) is 0 Å². The maximum absolute atomic E-state index is 12.4. The molecule has 1 aromatic rings. The molecule has 150 valence electrons. The van der Waals surface area contributed by atoms with Crippen LogP contribution in [0, 0.1) is 6.92 Å². The molecule has 1 atom stereocenters. The van der Waals surface area contributed by atoms with Gasteiger partial charge in [-0.25, -0.2) is 9.59 Å². The number of nitrogens with one attached hydrogen (secondary N) is 2. The molecule has 1 aromatic heterocycles. The Hall–Kier alpha value is -2.06. The van der Waals surface area contributed by atoms with Crippen LogP contribution >= 0.6 is 12.4 Å². The van der Waals surface area contributed by atoms with Crippen molar-refractivity contribution in [2.24, 2.45) is 0 Å². The molecule has 2 amide bonds. The Morgan fingerprint density at radius 1 is 1.37 bits per heavy atom.